The Kier molecular flexibility index (Phi) is 46.4. The first kappa shape index (κ1) is 75.9. The Bertz CT molecular complexity index is 2200. The average molecular weight is 1220 g/mol. The summed E-state index contributed by atoms with van der Waals surface area (Å²) >= 11 is 0. The maximum absolute atomic E-state index is 13.9. The Hall–Kier alpha value is -4.38. The summed E-state index contributed by atoms with van der Waals surface area (Å²) in [5.74, 6) is -0.0454. The van der Waals surface area contributed by atoms with Crippen molar-refractivity contribution < 1.29 is 28.3 Å². The van der Waals surface area contributed by atoms with Crippen LogP contribution in [0.1, 0.15) is 261 Å². The number of nitrogens with two attached hydrogens (primary N) is 1. The van der Waals surface area contributed by atoms with E-state index in [2.05, 4.69) is 91.9 Å². The van der Waals surface area contributed by atoms with Gasteiger partial charge in [0.05, 0.1) is 32.5 Å². The number of rotatable bonds is 60. The second-order valence-electron chi connectivity index (χ2n) is 23.5. The van der Waals surface area contributed by atoms with Crippen molar-refractivity contribution in [2.24, 2.45) is 0 Å². The SMILES string of the molecule is CCCCCCCCC=CCCCCCCCCOP(=O)(CCCNCCCNCCCCNCCCNC(=O)CNC(=O)c1ccc(Cn2c(O)nc3c(N)nc(NCCCC)nc32)cc1)OCCCCCCCC/C=C\CCCCCCCC. The van der Waals surface area contributed by atoms with Crippen LogP contribution in [0, 0.1) is 0 Å². The molecular formula is C68H122N11O6P. The molecule has 9 N–H and O–H groups in total. The average Bonchev–Trinajstić information content (AvgIpc) is 3.25. The smallest absolute Gasteiger partial charge is 0.330 e. The predicted octanol–water partition coefficient (Wildman–Crippen LogP) is 15.2. The van der Waals surface area contributed by atoms with Gasteiger partial charge in [0.15, 0.2) is 17.0 Å². The number of allylic oxidation sites excluding steroid dienone is 4. The summed E-state index contributed by atoms with van der Waals surface area (Å²) in [6.07, 6.45) is 52.1. The first-order valence-electron chi connectivity index (χ1n) is 34.6. The molecule has 1 atom stereocenters. The van der Waals surface area contributed by atoms with Crippen LogP contribution >= 0.6 is 7.60 Å². The number of unbranched alkanes of at least 4 members (excludes halogenated alkanes) is 26. The molecule has 0 saturated carbocycles. The lowest BCUT2D eigenvalue weighted by atomic mass is 10.1. The Morgan fingerprint density at radius 1 is 0.523 bits per heavy atom. The van der Waals surface area contributed by atoms with Gasteiger partial charge in [-0.3, -0.25) is 18.7 Å². The molecule has 0 aliphatic heterocycles. The molecule has 86 heavy (non-hydrogen) atoms. The van der Waals surface area contributed by atoms with Crippen LogP contribution in [0.5, 0.6) is 6.01 Å². The van der Waals surface area contributed by atoms with Crippen LogP contribution in [0.15, 0.2) is 48.6 Å². The van der Waals surface area contributed by atoms with Crippen molar-refractivity contribution >= 4 is 42.3 Å². The van der Waals surface area contributed by atoms with Gasteiger partial charge in [0.2, 0.25) is 11.9 Å². The van der Waals surface area contributed by atoms with Crippen molar-refractivity contribution in [3.8, 4) is 6.01 Å². The quantitative estimate of drug-likeness (QED) is 0.0149. The summed E-state index contributed by atoms with van der Waals surface area (Å²) in [5.41, 5.74) is 8.07. The van der Waals surface area contributed by atoms with Crippen LogP contribution in [0.4, 0.5) is 11.8 Å². The number of imidazole rings is 1. The molecule has 1 unspecified atom stereocenters. The minimum Gasteiger partial charge on any atom is -0.480 e. The van der Waals surface area contributed by atoms with E-state index < -0.39 is 7.60 Å². The molecule has 0 radical (unpaired) electrons. The summed E-state index contributed by atoms with van der Waals surface area (Å²) in [5, 5.41) is 29.9. The number of amides is 2. The van der Waals surface area contributed by atoms with Crippen molar-refractivity contribution in [1.29, 1.82) is 0 Å². The van der Waals surface area contributed by atoms with Crippen LogP contribution in [0.3, 0.4) is 0 Å². The second kappa shape index (κ2) is 52.5. The van der Waals surface area contributed by atoms with Gasteiger partial charge in [-0.15, -0.1) is 0 Å². The van der Waals surface area contributed by atoms with Gasteiger partial charge in [0.25, 0.3) is 11.9 Å². The van der Waals surface area contributed by atoms with E-state index in [4.69, 9.17) is 14.8 Å². The number of nitrogens with one attached hydrogen (secondary N) is 6. The number of carbonyl (C=O) groups excluding carboxylic acids is 2. The number of benzene rings is 1. The van der Waals surface area contributed by atoms with E-state index in [9.17, 15) is 19.3 Å². The van der Waals surface area contributed by atoms with Gasteiger partial charge < -0.3 is 51.8 Å². The van der Waals surface area contributed by atoms with Gasteiger partial charge in [-0.2, -0.15) is 15.0 Å². The first-order valence-corrected chi connectivity index (χ1v) is 36.3. The fourth-order valence-electron chi connectivity index (χ4n) is 10.2. The third-order valence-electron chi connectivity index (χ3n) is 15.6. The number of nitrogen functional groups attached to an aromatic ring is 1. The molecule has 3 rings (SSSR count). The summed E-state index contributed by atoms with van der Waals surface area (Å²) in [7, 11) is -3.14. The molecule has 0 aliphatic carbocycles. The lowest BCUT2D eigenvalue weighted by Gasteiger charge is -2.19. The molecule has 0 aliphatic rings. The largest absolute Gasteiger partial charge is 0.480 e. The van der Waals surface area contributed by atoms with Crippen LogP contribution < -0.4 is 37.6 Å². The summed E-state index contributed by atoms with van der Waals surface area (Å²) in [6, 6.07) is 6.69. The van der Waals surface area contributed by atoms with Crippen molar-refractivity contribution in [1.82, 2.24) is 46.1 Å². The highest BCUT2D eigenvalue weighted by molar-refractivity contribution is 7.53. The highest BCUT2D eigenvalue weighted by atomic mass is 31.2. The molecule has 0 bridgehead atoms. The standard InChI is InChI=1S/C68H122N11O6P/c1-4-7-10-12-14-16-18-20-22-24-26-28-30-32-34-38-55-84-86(83,85-56-39-35-33-31-29-27-25-23-21-19-17-15-13-11-8-5-2)57-42-52-72-50-40-49-70-47-36-37-48-71-51-41-54-73-62(80)58-75-66(81)61-45-43-60(44-46-61)59-79-65-63(76-68(79)82)64(69)77-67(78-65)74-53-9-6-3/h20-23,43-46,70-72H,4-19,24-42,47-59H2,1-3H3,(H,73,80)(H,75,81)(H,76,82)(H3,69,74,77,78)/b22-20-,23-21?. The topological polar surface area (TPSA) is 232 Å². The molecule has 17 nitrogen and oxygen atoms in total. The van der Waals surface area contributed by atoms with E-state index >= 15 is 0 Å². The van der Waals surface area contributed by atoms with E-state index in [1.165, 1.54) is 154 Å². The van der Waals surface area contributed by atoms with Crippen LogP contribution in [0.25, 0.3) is 11.2 Å². The molecular weight excluding hydrogens is 1100 g/mol. The Morgan fingerprint density at radius 3 is 1.49 bits per heavy atom. The number of carbonyl (C=O) groups is 2. The Balaban J connectivity index is 1.18. The zero-order valence-electron chi connectivity index (χ0n) is 54.4. The molecule has 3 aromatic rings. The highest BCUT2D eigenvalue weighted by Gasteiger charge is 2.24. The molecule has 2 amide bonds. The third-order valence-corrected chi connectivity index (χ3v) is 17.6. The minimum absolute atomic E-state index is 0.118. The fourth-order valence-corrected chi connectivity index (χ4v) is 11.9. The lowest BCUT2D eigenvalue weighted by Crippen LogP contribution is -2.37. The maximum Gasteiger partial charge on any atom is 0.330 e. The number of hydrogen-bond donors (Lipinski definition) is 8. The van der Waals surface area contributed by atoms with E-state index in [0.717, 1.165) is 115 Å². The number of nitrogens with zero attached hydrogens (tertiary/aromatic N) is 4. The summed E-state index contributed by atoms with van der Waals surface area (Å²) < 4.78 is 27.7. The van der Waals surface area contributed by atoms with Crippen LogP contribution in [-0.2, 0) is 25.0 Å². The third kappa shape index (κ3) is 38.8. The molecule has 0 spiro atoms. The summed E-state index contributed by atoms with van der Waals surface area (Å²) in [4.78, 5) is 38.2. The Labute approximate surface area is 521 Å². The zero-order chi connectivity index (χ0) is 61.6. The van der Waals surface area contributed by atoms with Crippen molar-refractivity contribution in [3.63, 3.8) is 0 Å². The summed E-state index contributed by atoms with van der Waals surface area (Å²) in [6.45, 7) is 14.4. The van der Waals surface area contributed by atoms with Gasteiger partial charge in [0.1, 0.15) is 0 Å². The monoisotopic (exact) mass is 1220 g/mol. The van der Waals surface area contributed by atoms with E-state index in [1.54, 1.807) is 28.8 Å². The second-order valence-corrected chi connectivity index (χ2v) is 25.7. The van der Waals surface area contributed by atoms with E-state index in [0.29, 0.717) is 55.1 Å². The molecule has 2 heterocycles. The molecule has 0 saturated heterocycles. The number of aromatic hydroxyl groups is 1. The number of hydrogen-bond acceptors (Lipinski definition) is 14. The van der Waals surface area contributed by atoms with Crippen LogP contribution in [-0.4, -0.2) is 115 Å². The first-order chi connectivity index (χ1) is 42.2. The lowest BCUT2D eigenvalue weighted by molar-refractivity contribution is -0.120. The molecule has 18 heteroatoms. The number of fused-ring (bicyclic) bond motifs is 1. The van der Waals surface area contributed by atoms with Crippen molar-refractivity contribution in [2.75, 3.05) is 89.3 Å². The maximum atomic E-state index is 13.9. The molecule has 1 aromatic carbocycles. The van der Waals surface area contributed by atoms with Gasteiger partial charge in [-0.05, 0) is 160 Å². The van der Waals surface area contributed by atoms with Gasteiger partial charge in [-0.1, -0.05) is 179 Å². The van der Waals surface area contributed by atoms with E-state index in [1.807, 2.05) is 0 Å². The van der Waals surface area contributed by atoms with Crippen molar-refractivity contribution in [3.05, 3.63) is 59.7 Å². The molecule has 0 fully saturated rings. The van der Waals surface area contributed by atoms with Crippen LogP contribution in [0.2, 0.25) is 0 Å². The fraction of sp³-hybridized carbons (Fsp3) is 0.750. The van der Waals surface area contributed by atoms with Crippen molar-refractivity contribution in [2.45, 2.75) is 252 Å². The molecule has 490 valence electrons. The number of aromatic nitrogens is 4. The molecule has 2 aromatic heterocycles. The Morgan fingerprint density at radius 2 is 0.977 bits per heavy atom. The normalized spacial score (nSPS) is 12.5. The minimum atomic E-state index is -3.14. The van der Waals surface area contributed by atoms with Gasteiger partial charge in [0, 0.05) is 18.7 Å². The highest BCUT2D eigenvalue weighted by Crippen LogP contribution is 2.49. The van der Waals surface area contributed by atoms with Gasteiger partial charge in [-0.25, -0.2) is 0 Å². The predicted molar refractivity (Wildman–Crippen MR) is 361 cm³/mol. The zero-order valence-corrected chi connectivity index (χ0v) is 55.3. The number of anilines is 2. The van der Waals surface area contributed by atoms with E-state index in [-0.39, 0.29) is 36.7 Å². The van der Waals surface area contributed by atoms with Gasteiger partial charge >= 0.3 is 7.60 Å².